The lowest BCUT2D eigenvalue weighted by molar-refractivity contribution is -0.126. The first-order chi connectivity index (χ1) is 7.65. The highest BCUT2D eigenvalue weighted by atomic mass is 16.1. The van der Waals surface area contributed by atoms with Gasteiger partial charge in [-0.15, -0.1) is 0 Å². The number of nitrogens with one attached hydrogen (secondary N) is 1. The molecule has 0 aromatic heterocycles. The predicted molar refractivity (Wildman–Crippen MR) is 64.9 cm³/mol. The van der Waals surface area contributed by atoms with Crippen molar-refractivity contribution in [3.63, 3.8) is 0 Å². The summed E-state index contributed by atoms with van der Waals surface area (Å²) in [6, 6.07) is 0.684. The second-order valence-electron chi connectivity index (χ2n) is 5.70. The standard InChI is InChI=1S/C13H24N2O/c1-9(8-10-2-3-10)15-13(16)11-4-6-12(14)7-5-11/h9-12H,2-8,14H2,1H3,(H,15,16). The average molecular weight is 224 g/mol. The van der Waals surface area contributed by atoms with Crippen molar-refractivity contribution in [2.45, 2.75) is 64.0 Å². The minimum absolute atomic E-state index is 0.224. The number of hydrogen-bond acceptors (Lipinski definition) is 2. The van der Waals surface area contributed by atoms with Crippen LogP contribution in [-0.4, -0.2) is 18.0 Å². The Bertz CT molecular complexity index is 242. The molecule has 2 aliphatic rings. The van der Waals surface area contributed by atoms with Crippen molar-refractivity contribution in [3.8, 4) is 0 Å². The topological polar surface area (TPSA) is 55.1 Å². The summed E-state index contributed by atoms with van der Waals surface area (Å²) in [6.45, 7) is 2.13. The minimum Gasteiger partial charge on any atom is -0.353 e. The van der Waals surface area contributed by atoms with E-state index in [0.29, 0.717) is 12.1 Å². The van der Waals surface area contributed by atoms with Gasteiger partial charge in [0.25, 0.3) is 0 Å². The van der Waals surface area contributed by atoms with Gasteiger partial charge in [-0.2, -0.15) is 0 Å². The number of hydrogen-bond donors (Lipinski definition) is 2. The normalized spacial score (nSPS) is 32.1. The lowest BCUT2D eigenvalue weighted by Crippen LogP contribution is -2.40. The molecule has 16 heavy (non-hydrogen) atoms. The molecule has 1 atom stereocenters. The Morgan fingerprint density at radius 1 is 1.25 bits per heavy atom. The molecular formula is C13H24N2O. The summed E-state index contributed by atoms with van der Waals surface area (Å²) in [7, 11) is 0. The van der Waals surface area contributed by atoms with Gasteiger partial charge in [0, 0.05) is 18.0 Å². The molecule has 1 unspecified atom stereocenters. The molecule has 0 heterocycles. The van der Waals surface area contributed by atoms with Crippen LogP contribution in [0.3, 0.4) is 0 Å². The Morgan fingerprint density at radius 2 is 1.88 bits per heavy atom. The Hall–Kier alpha value is -0.570. The number of nitrogens with two attached hydrogens (primary N) is 1. The van der Waals surface area contributed by atoms with Crippen LogP contribution in [0.15, 0.2) is 0 Å². The molecule has 0 aromatic rings. The van der Waals surface area contributed by atoms with E-state index in [-0.39, 0.29) is 11.8 Å². The molecule has 0 aliphatic heterocycles. The van der Waals surface area contributed by atoms with Gasteiger partial charge in [-0.1, -0.05) is 12.8 Å². The van der Waals surface area contributed by atoms with Gasteiger partial charge in [-0.05, 0) is 44.9 Å². The lowest BCUT2D eigenvalue weighted by atomic mass is 9.86. The van der Waals surface area contributed by atoms with Crippen LogP contribution >= 0.6 is 0 Å². The number of amides is 1. The summed E-state index contributed by atoms with van der Waals surface area (Å²) in [5, 5.41) is 3.16. The predicted octanol–water partition coefficient (Wildman–Crippen LogP) is 1.81. The van der Waals surface area contributed by atoms with Crippen LogP contribution in [-0.2, 0) is 4.79 Å². The van der Waals surface area contributed by atoms with Crippen LogP contribution in [0.25, 0.3) is 0 Å². The zero-order valence-electron chi connectivity index (χ0n) is 10.2. The van der Waals surface area contributed by atoms with Gasteiger partial charge in [0.15, 0.2) is 0 Å². The molecule has 2 rings (SSSR count). The summed E-state index contributed by atoms with van der Waals surface area (Å²) in [5.41, 5.74) is 5.84. The summed E-state index contributed by atoms with van der Waals surface area (Å²) >= 11 is 0. The largest absolute Gasteiger partial charge is 0.353 e. The molecule has 2 saturated carbocycles. The van der Waals surface area contributed by atoms with Gasteiger partial charge >= 0.3 is 0 Å². The van der Waals surface area contributed by atoms with Crippen LogP contribution < -0.4 is 11.1 Å². The fourth-order valence-corrected chi connectivity index (χ4v) is 2.65. The Morgan fingerprint density at radius 3 is 2.44 bits per heavy atom. The molecule has 2 fully saturated rings. The van der Waals surface area contributed by atoms with Crippen molar-refractivity contribution in [1.82, 2.24) is 5.32 Å². The van der Waals surface area contributed by atoms with Gasteiger partial charge in [0.2, 0.25) is 5.91 Å². The lowest BCUT2D eigenvalue weighted by Gasteiger charge is -2.26. The Kier molecular flexibility index (Phi) is 3.85. The monoisotopic (exact) mass is 224 g/mol. The van der Waals surface area contributed by atoms with Crippen molar-refractivity contribution in [2.75, 3.05) is 0 Å². The van der Waals surface area contributed by atoms with Gasteiger partial charge in [0.05, 0.1) is 0 Å². The van der Waals surface area contributed by atoms with Crippen molar-refractivity contribution < 1.29 is 4.79 Å². The highest BCUT2D eigenvalue weighted by Gasteiger charge is 2.27. The molecule has 3 N–H and O–H groups in total. The second kappa shape index (κ2) is 5.17. The molecule has 3 nitrogen and oxygen atoms in total. The first-order valence-corrected chi connectivity index (χ1v) is 6.71. The van der Waals surface area contributed by atoms with Crippen LogP contribution in [0.5, 0.6) is 0 Å². The maximum absolute atomic E-state index is 12.0. The van der Waals surface area contributed by atoms with E-state index >= 15 is 0 Å². The Labute approximate surface area is 98.2 Å². The molecule has 3 heteroatoms. The van der Waals surface area contributed by atoms with E-state index in [1.165, 1.54) is 12.8 Å². The van der Waals surface area contributed by atoms with E-state index in [1.807, 2.05) is 0 Å². The number of carbonyl (C=O) groups is 1. The van der Waals surface area contributed by atoms with Gasteiger partial charge in [-0.25, -0.2) is 0 Å². The quantitative estimate of drug-likeness (QED) is 0.765. The maximum atomic E-state index is 12.0. The number of carbonyl (C=O) groups excluding carboxylic acids is 1. The molecule has 92 valence electrons. The molecule has 0 spiro atoms. The molecule has 0 aromatic carbocycles. The third kappa shape index (κ3) is 3.48. The molecule has 2 aliphatic carbocycles. The van der Waals surface area contributed by atoms with E-state index in [2.05, 4.69) is 12.2 Å². The van der Waals surface area contributed by atoms with Crippen molar-refractivity contribution >= 4 is 5.91 Å². The maximum Gasteiger partial charge on any atom is 0.223 e. The summed E-state index contributed by atoms with van der Waals surface area (Å²) in [4.78, 5) is 12.0. The van der Waals surface area contributed by atoms with Crippen molar-refractivity contribution in [3.05, 3.63) is 0 Å². The average Bonchev–Trinajstić information content (AvgIpc) is 3.02. The zero-order valence-corrected chi connectivity index (χ0v) is 10.2. The number of rotatable bonds is 4. The zero-order chi connectivity index (χ0) is 11.5. The Balaban J connectivity index is 1.69. The fraction of sp³-hybridized carbons (Fsp3) is 0.923. The van der Waals surface area contributed by atoms with Crippen molar-refractivity contribution in [2.24, 2.45) is 17.6 Å². The van der Waals surface area contributed by atoms with E-state index in [0.717, 1.165) is 38.0 Å². The molecule has 1 amide bonds. The van der Waals surface area contributed by atoms with Crippen LogP contribution in [0.2, 0.25) is 0 Å². The smallest absolute Gasteiger partial charge is 0.223 e. The molecule has 0 saturated heterocycles. The van der Waals surface area contributed by atoms with Crippen LogP contribution in [0, 0.1) is 11.8 Å². The summed E-state index contributed by atoms with van der Waals surface area (Å²) < 4.78 is 0. The van der Waals surface area contributed by atoms with Crippen molar-refractivity contribution in [1.29, 1.82) is 0 Å². The first-order valence-electron chi connectivity index (χ1n) is 6.71. The van der Waals surface area contributed by atoms with Gasteiger partial charge < -0.3 is 11.1 Å². The highest BCUT2D eigenvalue weighted by molar-refractivity contribution is 5.79. The summed E-state index contributed by atoms with van der Waals surface area (Å²) in [5.74, 6) is 1.37. The fourth-order valence-electron chi connectivity index (χ4n) is 2.65. The van der Waals surface area contributed by atoms with Crippen LogP contribution in [0.4, 0.5) is 0 Å². The first kappa shape index (κ1) is 11.9. The molecular weight excluding hydrogens is 200 g/mol. The van der Waals surface area contributed by atoms with E-state index in [1.54, 1.807) is 0 Å². The third-order valence-electron chi connectivity index (χ3n) is 3.92. The third-order valence-corrected chi connectivity index (χ3v) is 3.92. The summed E-state index contributed by atoms with van der Waals surface area (Å²) in [6.07, 6.45) is 7.85. The van der Waals surface area contributed by atoms with E-state index < -0.39 is 0 Å². The van der Waals surface area contributed by atoms with Crippen LogP contribution in [0.1, 0.15) is 51.9 Å². The minimum atomic E-state index is 0.224. The highest BCUT2D eigenvalue weighted by Crippen LogP contribution is 2.33. The molecule has 0 bridgehead atoms. The van der Waals surface area contributed by atoms with E-state index in [9.17, 15) is 4.79 Å². The SMILES string of the molecule is CC(CC1CC1)NC(=O)C1CCC(N)CC1. The van der Waals surface area contributed by atoms with Gasteiger partial charge in [0.1, 0.15) is 0 Å². The van der Waals surface area contributed by atoms with E-state index in [4.69, 9.17) is 5.73 Å². The second-order valence-corrected chi connectivity index (χ2v) is 5.70. The van der Waals surface area contributed by atoms with Gasteiger partial charge in [-0.3, -0.25) is 4.79 Å². The molecule has 0 radical (unpaired) electrons.